The first-order chi connectivity index (χ1) is 15.6. The van der Waals surface area contributed by atoms with Crippen LogP contribution in [0.15, 0.2) is 72.9 Å². The van der Waals surface area contributed by atoms with E-state index >= 15 is 0 Å². The Balaban J connectivity index is 1.49. The maximum Gasteiger partial charge on any atom is 0.214 e. The molecule has 1 atom stereocenters. The van der Waals surface area contributed by atoms with Crippen molar-refractivity contribution in [3.8, 4) is 28.9 Å². The standard InChI is InChI=1S/C26H27N5O/c1-26(2)16-9-14-22(26)31-25(21-12-6-7-17-27-21)29-24(30-31)20-13-8-15-23(28-20)32-18-19-10-4-3-5-11-19/h3-8,10-13,15,17,22H,9,14,16,18H2,1-2H3. The number of benzene rings is 1. The van der Waals surface area contributed by atoms with E-state index in [0.29, 0.717) is 24.0 Å². The monoisotopic (exact) mass is 425 g/mol. The molecule has 5 rings (SSSR count). The second-order valence-electron chi connectivity index (χ2n) is 8.95. The van der Waals surface area contributed by atoms with Gasteiger partial charge in [-0.2, -0.15) is 0 Å². The fourth-order valence-corrected chi connectivity index (χ4v) is 4.43. The highest BCUT2D eigenvalue weighted by Crippen LogP contribution is 2.46. The van der Waals surface area contributed by atoms with E-state index in [0.717, 1.165) is 23.5 Å². The zero-order chi connectivity index (χ0) is 22.0. The summed E-state index contributed by atoms with van der Waals surface area (Å²) in [7, 11) is 0. The molecule has 1 fully saturated rings. The number of nitrogens with zero attached hydrogens (tertiary/aromatic N) is 5. The Morgan fingerprint density at radius 1 is 0.938 bits per heavy atom. The lowest BCUT2D eigenvalue weighted by Crippen LogP contribution is -2.23. The third-order valence-electron chi connectivity index (χ3n) is 6.20. The fourth-order valence-electron chi connectivity index (χ4n) is 4.43. The molecule has 0 bridgehead atoms. The minimum Gasteiger partial charge on any atom is -0.473 e. The SMILES string of the molecule is CC1(C)CCCC1n1nc(-c2cccc(OCc3ccccc3)n2)nc1-c1ccccn1. The van der Waals surface area contributed by atoms with E-state index in [1.54, 1.807) is 6.20 Å². The van der Waals surface area contributed by atoms with Crippen LogP contribution >= 0.6 is 0 Å². The van der Waals surface area contributed by atoms with E-state index in [1.807, 2.05) is 66.7 Å². The van der Waals surface area contributed by atoms with Gasteiger partial charge in [0, 0.05) is 12.3 Å². The predicted molar refractivity (Wildman–Crippen MR) is 124 cm³/mol. The van der Waals surface area contributed by atoms with Gasteiger partial charge in [0.1, 0.15) is 18.0 Å². The molecule has 162 valence electrons. The van der Waals surface area contributed by atoms with Gasteiger partial charge in [0.15, 0.2) is 5.82 Å². The molecule has 1 saturated carbocycles. The fraction of sp³-hybridized carbons (Fsp3) is 0.308. The van der Waals surface area contributed by atoms with Crippen molar-refractivity contribution in [2.75, 3.05) is 0 Å². The van der Waals surface area contributed by atoms with Crippen LogP contribution in [-0.2, 0) is 6.61 Å². The van der Waals surface area contributed by atoms with Crippen molar-refractivity contribution < 1.29 is 4.74 Å². The molecular weight excluding hydrogens is 398 g/mol. The van der Waals surface area contributed by atoms with E-state index < -0.39 is 0 Å². The van der Waals surface area contributed by atoms with Gasteiger partial charge in [-0.25, -0.2) is 14.6 Å². The van der Waals surface area contributed by atoms with E-state index in [2.05, 4.69) is 28.5 Å². The van der Waals surface area contributed by atoms with Gasteiger partial charge < -0.3 is 4.74 Å². The molecule has 0 amide bonds. The number of ether oxygens (including phenoxy) is 1. The second kappa shape index (κ2) is 8.54. The average molecular weight is 426 g/mol. The number of aromatic nitrogens is 5. The molecule has 4 aromatic rings. The molecule has 1 unspecified atom stereocenters. The molecule has 0 N–H and O–H groups in total. The van der Waals surface area contributed by atoms with E-state index in [1.165, 1.54) is 12.8 Å². The molecule has 0 spiro atoms. The molecule has 1 aromatic carbocycles. The van der Waals surface area contributed by atoms with Crippen LogP contribution in [0.4, 0.5) is 0 Å². The molecule has 6 nitrogen and oxygen atoms in total. The zero-order valence-corrected chi connectivity index (χ0v) is 18.5. The van der Waals surface area contributed by atoms with Gasteiger partial charge in [-0.15, -0.1) is 5.10 Å². The van der Waals surface area contributed by atoms with Crippen LogP contribution in [0, 0.1) is 5.41 Å². The molecule has 0 aliphatic heterocycles. The van der Waals surface area contributed by atoms with Crippen molar-refractivity contribution in [2.24, 2.45) is 5.41 Å². The number of rotatable bonds is 6. The first-order valence-corrected chi connectivity index (χ1v) is 11.1. The summed E-state index contributed by atoms with van der Waals surface area (Å²) in [4.78, 5) is 14.1. The summed E-state index contributed by atoms with van der Waals surface area (Å²) in [6.45, 7) is 5.09. The summed E-state index contributed by atoms with van der Waals surface area (Å²) in [6.07, 6.45) is 5.25. The van der Waals surface area contributed by atoms with Crippen LogP contribution < -0.4 is 4.74 Å². The minimum absolute atomic E-state index is 0.155. The summed E-state index contributed by atoms with van der Waals surface area (Å²) in [5.74, 6) is 1.94. The van der Waals surface area contributed by atoms with Crippen molar-refractivity contribution in [3.05, 3.63) is 78.5 Å². The summed E-state index contributed by atoms with van der Waals surface area (Å²) < 4.78 is 8.00. The quantitative estimate of drug-likeness (QED) is 0.394. The van der Waals surface area contributed by atoms with Gasteiger partial charge in [-0.3, -0.25) is 4.98 Å². The summed E-state index contributed by atoms with van der Waals surface area (Å²) >= 11 is 0. The Hall–Kier alpha value is -3.54. The molecule has 1 aliphatic rings. The highest BCUT2D eigenvalue weighted by atomic mass is 16.5. The van der Waals surface area contributed by atoms with Gasteiger partial charge in [0.05, 0.1) is 6.04 Å². The normalized spacial score (nSPS) is 17.4. The molecule has 3 heterocycles. The summed E-state index contributed by atoms with van der Waals surface area (Å²) in [5, 5.41) is 4.94. The van der Waals surface area contributed by atoms with Crippen LogP contribution in [0.5, 0.6) is 5.88 Å². The first kappa shape index (κ1) is 20.4. The molecule has 32 heavy (non-hydrogen) atoms. The van der Waals surface area contributed by atoms with E-state index in [4.69, 9.17) is 14.8 Å². The number of hydrogen-bond acceptors (Lipinski definition) is 5. The molecular formula is C26H27N5O. The second-order valence-corrected chi connectivity index (χ2v) is 8.95. The number of pyridine rings is 2. The van der Waals surface area contributed by atoms with E-state index in [9.17, 15) is 0 Å². The lowest BCUT2D eigenvalue weighted by atomic mass is 9.87. The summed E-state index contributed by atoms with van der Waals surface area (Å²) in [5.41, 5.74) is 2.78. The van der Waals surface area contributed by atoms with Gasteiger partial charge in [0.2, 0.25) is 11.7 Å². The molecule has 0 radical (unpaired) electrons. The Labute approximate surface area is 188 Å². The van der Waals surface area contributed by atoms with Crippen molar-refractivity contribution in [1.82, 2.24) is 24.7 Å². The highest BCUT2D eigenvalue weighted by molar-refractivity contribution is 5.57. The highest BCUT2D eigenvalue weighted by Gasteiger charge is 2.38. The smallest absolute Gasteiger partial charge is 0.214 e. The van der Waals surface area contributed by atoms with Crippen LogP contribution in [0.1, 0.15) is 44.7 Å². The third-order valence-corrected chi connectivity index (χ3v) is 6.20. The van der Waals surface area contributed by atoms with Crippen molar-refractivity contribution in [1.29, 1.82) is 0 Å². The Morgan fingerprint density at radius 2 is 1.75 bits per heavy atom. The Bertz CT molecular complexity index is 1190. The third kappa shape index (κ3) is 4.13. The molecule has 6 heteroatoms. The summed E-state index contributed by atoms with van der Waals surface area (Å²) in [6, 6.07) is 22.0. The predicted octanol–water partition coefficient (Wildman–Crippen LogP) is 5.73. The van der Waals surface area contributed by atoms with Gasteiger partial charge in [-0.05, 0) is 42.0 Å². The number of hydrogen-bond donors (Lipinski definition) is 0. The maximum absolute atomic E-state index is 5.92. The largest absolute Gasteiger partial charge is 0.473 e. The van der Waals surface area contributed by atoms with Crippen molar-refractivity contribution >= 4 is 0 Å². The topological polar surface area (TPSA) is 65.7 Å². The van der Waals surface area contributed by atoms with Crippen LogP contribution in [0.3, 0.4) is 0 Å². The molecule has 0 saturated heterocycles. The van der Waals surface area contributed by atoms with Crippen LogP contribution in [0.2, 0.25) is 0 Å². The average Bonchev–Trinajstić information content (AvgIpc) is 3.42. The Morgan fingerprint density at radius 3 is 2.50 bits per heavy atom. The van der Waals surface area contributed by atoms with Crippen LogP contribution in [0.25, 0.3) is 23.0 Å². The Kier molecular flexibility index (Phi) is 5.43. The maximum atomic E-state index is 5.92. The van der Waals surface area contributed by atoms with Crippen molar-refractivity contribution in [2.45, 2.75) is 45.8 Å². The minimum atomic E-state index is 0.155. The zero-order valence-electron chi connectivity index (χ0n) is 18.5. The molecule has 3 aromatic heterocycles. The van der Waals surface area contributed by atoms with Gasteiger partial charge in [-0.1, -0.05) is 62.7 Å². The molecule has 1 aliphatic carbocycles. The van der Waals surface area contributed by atoms with Crippen molar-refractivity contribution in [3.63, 3.8) is 0 Å². The van der Waals surface area contributed by atoms with E-state index in [-0.39, 0.29) is 11.5 Å². The van der Waals surface area contributed by atoms with Gasteiger partial charge in [0.25, 0.3) is 0 Å². The van der Waals surface area contributed by atoms with Crippen LogP contribution in [-0.4, -0.2) is 24.7 Å². The van der Waals surface area contributed by atoms with Gasteiger partial charge >= 0.3 is 0 Å². The first-order valence-electron chi connectivity index (χ1n) is 11.1. The lowest BCUT2D eigenvalue weighted by Gasteiger charge is -2.27. The lowest BCUT2D eigenvalue weighted by molar-refractivity contribution is 0.245.